The molecule has 0 aliphatic carbocycles. The molecule has 0 spiro atoms. The molecule has 0 amide bonds. The van der Waals surface area contributed by atoms with Gasteiger partial charge in [0, 0.05) is 75.2 Å². The molecular weight excluding hydrogens is 476 g/mol. The number of benzene rings is 1. The Morgan fingerprint density at radius 1 is 1.03 bits per heavy atom. The normalized spacial score (nSPS) is 15.8. The van der Waals surface area contributed by atoms with Crippen LogP contribution in [0.4, 0.5) is 0 Å². The highest BCUT2D eigenvalue weighted by Gasteiger charge is 2.28. The zero-order chi connectivity index (χ0) is 24.6. The van der Waals surface area contributed by atoms with Crippen molar-refractivity contribution in [3.05, 3.63) is 45.7 Å². The maximum Gasteiger partial charge on any atom is 0.281 e. The molecule has 1 aliphatic rings. The van der Waals surface area contributed by atoms with Crippen LogP contribution in [0, 0.1) is 0 Å². The van der Waals surface area contributed by atoms with E-state index >= 15 is 0 Å². The van der Waals surface area contributed by atoms with Crippen LogP contribution in [-0.2, 0) is 23.8 Å². The van der Waals surface area contributed by atoms with E-state index in [9.17, 15) is 13.2 Å². The van der Waals surface area contributed by atoms with E-state index in [1.807, 2.05) is 30.5 Å². The second kappa shape index (κ2) is 9.67. The molecule has 0 bridgehead atoms. The first-order valence-electron chi connectivity index (χ1n) is 10.9. The standard InChI is InChI=1S/C23H30N4O5S2/c1-24(2)34(29,30)27-10-8-26(9-11-27)14-17-13-18-22(33-17)19(15-25(3)23(18)28)16-6-7-20(31-4)21(12-16)32-5/h6-7,12-13,15H,8-11,14H2,1-5H3. The third-order valence-electron chi connectivity index (χ3n) is 6.09. The molecule has 9 nitrogen and oxygen atoms in total. The largest absolute Gasteiger partial charge is 0.493 e. The van der Waals surface area contributed by atoms with Crippen molar-refractivity contribution in [2.45, 2.75) is 6.54 Å². The number of aromatic nitrogens is 1. The molecule has 11 heteroatoms. The van der Waals surface area contributed by atoms with Crippen molar-refractivity contribution in [2.24, 2.45) is 7.05 Å². The molecular formula is C23H30N4O5S2. The van der Waals surface area contributed by atoms with Crippen molar-refractivity contribution in [3.63, 3.8) is 0 Å². The molecule has 3 aromatic rings. The number of nitrogens with zero attached hydrogens (tertiary/aromatic N) is 4. The Morgan fingerprint density at radius 3 is 2.32 bits per heavy atom. The summed E-state index contributed by atoms with van der Waals surface area (Å²) in [6.45, 7) is 2.85. The van der Waals surface area contributed by atoms with Gasteiger partial charge in [0.1, 0.15) is 0 Å². The van der Waals surface area contributed by atoms with Gasteiger partial charge in [-0.25, -0.2) is 0 Å². The fourth-order valence-corrected chi connectivity index (χ4v) is 6.47. The summed E-state index contributed by atoms with van der Waals surface area (Å²) in [7, 11) is 4.67. The summed E-state index contributed by atoms with van der Waals surface area (Å²) in [4.78, 5) is 16.2. The van der Waals surface area contributed by atoms with Gasteiger partial charge < -0.3 is 14.0 Å². The van der Waals surface area contributed by atoms with Gasteiger partial charge in [0.2, 0.25) is 0 Å². The second-order valence-electron chi connectivity index (χ2n) is 8.45. The van der Waals surface area contributed by atoms with Crippen molar-refractivity contribution in [1.29, 1.82) is 0 Å². The average Bonchev–Trinajstić information content (AvgIpc) is 3.25. The summed E-state index contributed by atoms with van der Waals surface area (Å²) in [5.74, 6) is 1.28. The summed E-state index contributed by atoms with van der Waals surface area (Å²) in [6, 6.07) is 7.71. The topological polar surface area (TPSA) is 84.3 Å². The Balaban J connectivity index is 1.63. The number of pyridine rings is 1. The predicted octanol–water partition coefficient (Wildman–Crippen LogP) is 2.21. The van der Waals surface area contributed by atoms with Crippen molar-refractivity contribution in [3.8, 4) is 22.6 Å². The molecule has 1 aliphatic heterocycles. The van der Waals surface area contributed by atoms with E-state index < -0.39 is 10.2 Å². The van der Waals surface area contributed by atoms with E-state index in [2.05, 4.69) is 4.90 Å². The van der Waals surface area contributed by atoms with E-state index in [1.165, 1.54) is 8.61 Å². The van der Waals surface area contributed by atoms with Crippen LogP contribution in [0.3, 0.4) is 0 Å². The van der Waals surface area contributed by atoms with E-state index in [0.717, 1.165) is 20.7 Å². The van der Waals surface area contributed by atoms with Crippen LogP contribution in [0.15, 0.2) is 35.3 Å². The number of aryl methyl sites for hydroxylation is 1. The molecule has 184 valence electrons. The second-order valence-corrected chi connectivity index (χ2v) is 11.7. The first kappa shape index (κ1) is 24.7. The fraction of sp³-hybridized carbons (Fsp3) is 0.435. The van der Waals surface area contributed by atoms with Crippen LogP contribution in [0.5, 0.6) is 11.5 Å². The number of rotatable bonds is 7. The van der Waals surface area contributed by atoms with Crippen LogP contribution < -0.4 is 15.0 Å². The third kappa shape index (κ3) is 4.58. The Kier molecular flexibility index (Phi) is 7.02. The maximum atomic E-state index is 12.9. The quantitative estimate of drug-likeness (QED) is 0.489. The molecule has 0 N–H and O–H groups in total. The summed E-state index contributed by atoms with van der Waals surface area (Å²) < 4.78 is 40.9. The molecule has 0 radical (unpaired) electrons. The molecule has 34 heavy (non-hydrogen) atoms. The van der Waals surface area contributed by atoms with Crippen LogP contribution >= 0.6 is 11.3 Å². The minimum absolute atomic E-state index is 0.0383. The first-order chi connectivity index (χ1) is 16.1. The SMILES string of the molecule is COc1ccc(-c2cn(C)c(=O)c3cc(CN4CCN(S(=O)(=O)N(C)C)CC4)sc23)cc1OC. The van der Waals surface area contributed by atoms with Gasteiger partial charge in [0.15, 0.2) is 11.5 Å². The maximum absolute atomic E-state index is 12.9. The number of methoxy groups -OCH3 is 2. The van der Waals surface area contributed by atoms with Crippen molar-refractivity contribution < 1.29 is 17.9 Å². The predicted molar refractivity (Wildman–Crippen MR) is 135 cm³/mol. The Morgan fingerprint density at radius 2 is 1.71 bits per heavy atom. The van der Waals surface area contributed by atoms with Crippen molar-refractivity contribution >= 4 is 31.6 Å². The smallest absolute Gasteiger partial charge is 0.281 e. The zero-order valence-corrected chi connectivity index (χ0v) is 21.7. The van der Waals surface area contributed by atoms with Gasteiger partial charge in [0.05, 0.1) is 19.6 Å². The van der Waals surface area contributed by atoms with Gasteiger partial charge in [-0.05, 0) is 23.8 Å². The molecule has 1 saturated heterocycles. The minimum atomic E-state index is -3.39. The number of hydrogen-bond acceptors (Lipinski definition) is 7. The summed E-state index contributed by atoms with van der Waals surface area (Å²) in [5, 5.41) is 0.684. The summed E-state index contributed by atoms with van der Waals surface area (Å²) in [6.07, 6.45) is 1.86. The number of fused-ring (bicyclic) bond motifs is 1. The lowest BCUT2D eigenvalue weighted by Gasteiger charge is -2.34. The van der Waals surface area contributed by atoms with Crippen molar-refractivity contribution in [2.75, 3.05) is 54.5 Å². The summed E-state index contributed by atoms with van der Waals surface area (Å²) >= 11 is 1.60. The highest BCUT2D eigenvalue weighted by atomic mass is 32.2. The van der Waals surface area contributed by atoms with E-state index in [1.54, 1.807) is 51.3 Å². The van der Waals surface area contributed by atoms with Gasteiger partial charge in [-0.1, -0.05) is 6.07 Å². The fourth-order valence-electron chi connectivity index (χ4n) is 4.16. The molecule has 4 rings (SSSR count). The van der Waals surface area contributed by atoms with Crippen LogP contribution in [0.1, 0.15) is 4.88 Å². The highest BCUT2D eigenvalue weighted by Crippen LogP contribution is 2.37. The lowest BCUT2D eigenvalue weighted by molar-refractivity contribution is 0.178. The number of ether oxygens (including phenoxy) is 2. The van der Waals surface area contributed by atoms with Crippen LogP contribution in [0.25, 0.3) is 21.2 Å². The molecule has 1 aromatic carbocycles. The van der Waals surface area contributed by atoms with Crippen LogP contribution in [0.2, 0.25) is 0 Å². The molecule has 2 aromatic heterocycles. The van der Waals surface area contributed by atoms with Gasteiger partial charge in [-0.3, -0.25) is 9.69 Å². The lowest BCUT2D eigenvalue weighted by atomic mass is 10.1. The minimum Gasteiger partial charge on any atom is -0.493 e. The monoisotopic (exact) mass is 506 g/mol. The Labute approximate surface area is 203 Å². The highest BCUT2D eigenvalue weighted by molar-refractivity contribution is 7.86. The molecule has 1 fully saturated rings. The number of piperazine rings is 1. The zero-order valence-electron chi connectivity index (χ0n) is 20.1. The number of hydrogen-bond donors (Lipinski definition) is 0. The molecule has 3 heterocycles. The van der Waals surface area contributed by atoms with Crippen molar-refractivity contribution in [1.82, 2.24) is 18.1 Å². The van der Waals surface area contributed by atoms with E-state index in [-0.39, 0.29) is 5.56 Å². The molecule has 0 unspecified atom stereocenters. The van der Waals surface area contributed by atoms with Gasteiger partial charge in [0.25, 0.3) is 15.8 Å². The van der Waals surface area contributed by atoms with Gasteiger partial charge in [-0.15, -0.1) is 11.3 Å². The Hall–Kier alpha value is -2.44. The van der Waals surface area contributed by atoms with E-state index in [0.29, 0.717) is 49.6 Å². The third-order valence-corrected chi connectivity index (χ3v) is 9.19. The first-order valence-corrected chi connectivity index (χ1v) is 13.1. The Bertz CT molecular complexity index is 1360. The van der Waals surface area contributed by atoms with Crippen LogP contribution in [-0.4, -0.2) is 81.0 Å². The average molecular weight is 507 g/mol. The molecule has 0 saturated carbocycles. The van der Waals surface area contributed by atoms with Gasteiger partial charge >= 0.3 is 0 Å². The molecule has 0 atom stereocenters. The summed E-state index contributed by atoms with van der Waals surface area (Å²) in [5.41, 5.74) is 1.86. The van der Waals surface area contributed by atoms with Gasteiger partial charge in [-0.2, -0.15) is 17.0 Å². The lowest BCUT2D eigenvalue weighted by Crippen LogP contribution is -2.51. The van der Waals surface area contributed by atoms with E-state index in [4.69, 9.17) is 9.47 Å². The number of thiophene rings is 1.